The smallest absolute Gasteiger partial charge is 0.406 e. The number of hydrogen-bond donors (Lipinski definition) is 0. The number of alkyl halides is 4. The number of nitrogens with zero attached hydrogens (tertiary/aromatic N) is 3. The molecule has 0 unspecified atom stereocenters. The molecule has 1 aromatic heterocycles. The molecule has 0 saturated carbocycles. The Morgan fingerprint density at radius 3 is 2.50 bits per heavy atom. The van der Waals surface area contributed by atoms with Gasteiger partial charge < -0.3 is 9.64 Å². The summed E-state index contributed by atoms with van der Waals surface area (Å²) in [5, 5.41) is 0.390. The Kier molecular flexibility index (Phi) is 6.04. The summed E-state index contributed by atoms with van der Waals surface area (Å²) in [6, 6.07) is 1.60. The van der Waals surface area contributed by atoms with Gasteiger partial charge in [0.2, 0.25) is 11.8 Å². The van der Waals surface area contributed by atoms with Crippen LogP contribution in [0, 0.1) is 6.92 Å². The van der Waals surface area contributed by atoms with Gasteiger partial charge >= 0.3 is 6.18 Å². The van der Waals surface area contributed by atoms with E-state index in [1.165, 1.54) is 0 Å². The molecule has 0 N–H and O–H groups in total. The maximum atomic E-state index is 12.6. The number of hydrogen-bond acceptors (Lipinski definition) is 4. The maximum Gasteiger partial charge on any atom is 0.406 e. The van der Waals surface area contributed by atoms with Gasteiger partial charge in [0.1, 0.15) is 6.54 Å². The molecule has 1 rings (SSSR count). The molecule has 114 valence electrons. The van der Waals surface area contributed by atoms with Gasteiger partial charge in [-0.25, -0.2) is 4.98 Å². The van der Waals surface area contributed by atoms with Gasteiger partial charge in [-0.3, -0.25) is 0 Å². The molecule has 20 heavy (non-hydrogen) atoms. The van der Waals surface area contributed by atoms with Crippen LogP contribution in [0.5, 0.6) is 5.88 Å². The van der Waals surface area contributed by atoms with E-state index in [4.69, 9.17) is 4.74 Å². The first-order valence-electron chi connectivity index (χ1n) is 6.11. The molecule has 0 atom stereocenters. The van der Waals surface area contributed by atoms with Crippen molar-refractivity contribution in [1.29, 1.82) is 0 Å². The minimum atomic E-state index is -4.31. The van der Waals surface area contributed by atoms with Crippen LogP contribution in [0.3, 0.4) is 0 Å². The fourth-order valence-corrected chi connectivity index (χ4v) is 1.96. The number of anilines is 1. The molecule has 0 aliphatic heterocycles. The molecule has 0 aliphatic rings. The highest BCUT2D eigenvalue weighted by Gasteiger charge is 2.32. The molecule has 8 heteroatoms. The van der Waals surface area contributed by atoms with Gasteiger partial charge in [0.25, 0.3) is 0 Å². The fourth-order valence-electron chi connectivity index (χ4n) is 1.54. The SMILES string of the molecule is Cc1cc(OC(C)C)nc(N(CCBr)CC(F)(F)F)n1. The lowest BCUT2D eigenvalue weighted by molar-refractivity contribution is -0.119. The average Bonchev–Trinajstić information content (AvgIpc) is 2.24. The second-order valence-electron chi connectivity index (χ2n) is 4.54. The summed E-state index contributed by atoms with van der Waals surface area (Å²) in [7, 11) is 0. The van der Waals surface area contributed by atoms with E-state index < -0.39 is 12.7 Å². The zero-order valence-electron chi connectivity index (χ0n) is 11.5. The first-order chi connectivity index (χ1) is 9.21. The highest BCUT2D eigenvalue weighted by molar-refractivity contribution is 9.09. The van der Waals surface area contributed by atoms with Crippen molar-refractivity contribution in [1.82, 2.24) is 9.97 Å². The molecule has 0 aromatic carbocycles. The monoisotopic (exact) mass is 355 g/mol. The maximum absolute atomic E-state index is 12.6. The summed E-state index contributed by atoms with van der Waals surface area (Å²) in [4.78, 5) is 9.19. The summed E-state index contributed by atoms with van der Waals surface area (Å²) in [6.45, 7) is 4.40. The lowest BCUT2D eigenvalue weighted by Gasteiger charge is -2.23. The molecule has 0 aliphatic carbocycles. The van der Waals surface area contributed by atoms with E-state index in [0.717, 1.165) is 4.90 Å². The van der Waals surface area contributed by atoms with Crippen LogP contribution in [0.25, 0.3) is 0 Å². The van der Waals surface area contributed by atoms with Crippen LogP contribution in [-0.2, 0) is 0 Å². The summed E-state index contributed by atoms with van der Waals surface area (Å²) >= 11 is 3.14. The van der Waals surface area contributed by atoms with Gasteiger partial charge in [0.15, 0.2) is 0 Å². The normalized spacial score (nSPS) is 11.8. The zero-order chi connectivity index (χ0) is 15.3. The molecule has 1 heterocycles. The predicted octanol–water partition coefficient (Wildman–Crippen LogP) is 3.34. The van der Waals surface area contributed by atoms with Crippen LogP contribution in [0.4, 0.5) is 19.1 Å². The van der Waals surface area contributed by atoms with Gasteiger partial charge in [-0.15, -0.1) is 0 Å². The van der Waals surface area contributed by atoms with Crippen LogP contribution >= 0.6 is 15.9 Å². The van der Waals surface area contributed by atoms with Crippen molar-refractivity contribution in [3.8, 4) is 5.88 Å². The molecule has 0 radical (unpaired) electrons. The molecular weight excluding hydrogens is 339 g/mol. The summed E-state index contributed by atoms with van der Waals surface area (Å²) in [5.41, 5.74) is 0.562. The van der Waals surface area contributed by atoms with Crippen molar-refractivity contribution in [2.75, 3.05) is 23.3 Å². The highest BCUT2D eigenvalue weighted by Crippen LogP contribution is 2.22. The highest BCUT2D eigenvalue weighted by atomic mass is 79.9. The van der Waals surface area contributed by atoms with Gasteiger partial charge in [-0.05, 0) is 20.8 Å². The van der Waals surface area contributed by atoms with Crippen molar-refractivity contribution < 1.29 is 17.9 Å². The largest absolute Gasteiger partial charge is 0.475 e. The van der Waals surface area contributed by atoms with E-state index in [2.05, 4.69) is 25.9 Å². The van der Waals surface area contributed by atoms with Crippen molar-refractivity contribution in [3.05, 3.63) is 11.8 Å². The van der Waals surface area contributed by atoms with E-state index in [-0.39, 0.29) is 24.5 Å². The zero-order valence-corrected chi connectivity index (χ0v) is 13.1. The first-order valence-corrected chi connectivity index (χ1v) is 7.23. The predicted molar refractivity (Wildman–Crippen MR) is 74.6 cm³/mol. The molecule has 0 fully saturated rings. The van der Waals surface area contributed by atoms with Crippen LogP contribution in [0.2, 0.25) is 0 Å². The van der Waals surface area contributed by atoms with Gasteiger partial charge in [0.05, 0.1) is 6.10 Å². The van der Waals surface area contributed by atoms with Gasteiger partial charge in [-0.1, -0.05) is 15.9 Å². The minimum Gasteiger partial charge on any atom is -0.475 e. The van der Waals surface area contributed by atoms with Gasteiger partial charge in [-0.2, -0.15) is 18.2 Å². The van der Waals surface area contributed by atoms with E-state index in [0.29, 0.717) is 11.0 Å². The summed E-state index contributed by atoms with van der Waals surface area (Å²) in [6.07, 6.45) is -4.42. The van der Waals surface area contributed by atoms with Crippen molar-refractivity contribution in [2.24, 2.45) is 0 Å². The number of rotatable bonds is 6. The lowest BCUT2D eigenvalue weighted by atomic mass is 10.4. The van der Waals surface area contributed by atoms with Crippen molar-refractivity contribution in [2.45, 2.75) is 33.1 Å². The molecular formula is C12H17BrF3N3O. The van der Waals surface area contributed by atoms with Crippen LogP contribution in [-0.4, -0.2) is 40.7 Å². The second-order valence-corrected chi connectivity index (χ2v) is 5.33. The Hall–Kier alpha value is -1.05. The fraction of sp³-hybridized carbons (Fsp3) is 0.667. The van der Waals surface area contributed by atoms with Crippen LogP contribution < -0.4 is 9.64 Å². The Bertz CT molecular complexity index is 440. The van der Waals surface area contributed by atoms with E-state index >= 15 is 0 Å². The third-order valence-corrected chi connectivity index (χ3v) is 2.54. The standard InChI is InChI=1S/C12H17BrF3N3O/c1-8(2)20-10-6-9(3)17-11(18-10)19(5-4-13)7-12(14,15)16/h6,8H,4-5,7H2,1-3H3. The molecule has 0 saturated heterocycles. The van der Waals surface area contributed by atoms with Crippen LogP contribution in [0.1, 0.15) is 19.5 Å². The summed E-state index contributed by atoms with van der Waals surface area (Å²) < 4.78 is 43.2. The third-order valence-electron chi connectivity index (χ3n) is 2.18. The van der Waals surface area contributed by atoms with E-state index in [9.17, 15) is 13.2 Å². The van der Waals surface area contributed by atoms with Crippen LogP contribution in [0.15, 0.2) is 6.07 Å². The molecule has 0 bridgehead atoms. The summed E-state index contributed by atoms with van der Waals surface area (Å²) in [5.74, 6) is 0.307. The second kappa shape index (κ2) is 7.10. The minimum absolute atomic E-state index is 0.0254. The number of halogens is 4. The molecule has 4 nitrogen and oxygen atoms in total. The van der Waals surface area contributed by atoms with Crippen molar-refractivity contribution >= 4 is 21.9 Å². The Morgan fingerprint density at radius 1 is 1.35 bits per heavy atom. The first kappa shape index (κ1) is 17.0. The molecule has 1 aromatic rings. The molecule has 0 spiro atoms. The third kappa shape index (κ3) is 5.94. The Labute approximate surface area is 124 Å². The Balaban J connectivity index is 3.03. The number of aromatic nitrogens is 2. The Morgan fingerprint density at radius 2 is 2.00 bits per heavy atom. The molecule has 0 amide bonds. The lowest BCUT2D eigenvalue weighted by Crippen LogP contribution is -2.37. The van der Waals surface area contributed by atoms with E-state index in [1.54, 1.807) is 13.0 Å². The quantitative estimate of drug-likeness (QED) is 0.733. The number of ether oxygens (including phenoxy) is 1. The number of aryl methyl sites for hydroxylation is 1. The topological polar surface area (TPSA) is 38.2 Å². The van der Waals surface area contributed by atoms with Gasteiger partial charge in [0, 0.05) is 23.6 Å². The van der Waals surface area contributed by atoms with Crippen molar-refractivity contribution in [3.63, 3.8) is 0 Å². The van der Waals surface area contributed by atoms with E-state index in [1.807, 2.05) is 13.8 Å². The average molecular weight is 356 g/mol.